The standard InChI is InChI=1S/C12H20BNO4S/c1-2-9(15)5-6-11(13(17)18)14-12(16)8-10-4-3-7-19-10/h3-4,7,9,11,15,17-18H,2,5-6,8H2,1H3,(H,14,16)/t9-,11+/m1/s1. The van der Waals surface area contributed by atoms with Crippen molar-refractivity contribution in [3.05, 3.63) is 22.4 Å². The Morgan fingerprint density at radius 1 is 1.47 bits per heavy atom. The zero-order valence-corrected chi connectivity index (χ0v) is 11.8. The number of aliphatic hydroxyl groups is 1. The Morgan fingerprint density at radius 2 is 2.21 bits per heavy atom. The third-order valence-corrected chi connectivity index (χ3v) is 3.78. The van der Waals surface area contributed by atoms with E-state index in [0.717, 1.165) is 4.88 Å². The molecule has 1 amide bonds. The Kier molecular flexibility index (Phi) is 7.08. The highest BCUT2D eigenvalue weighted by Crippen LogP contribution is 2.10. The first kappa shape index (κ1) is 16.2. The average Bonchev–Trinajstić information content (AvgIpc) is 2.86. The van der Waals surface area contributed by atoms with E-state index in [1.165, 1.54) is 11.3 Å². The van der Waals surface area contributed by atoms with Gasteiger partial charge in [-0.05, 0) is 30.7 Å². The van der Waals surface area contributed by atoms with Crippen molar-refractivity contribution in [1.82, 2.24) is 5.32 Å². The van der Waals surface area contributed by atoms with Crippen LogP contribution in [0.2, 0.25) is 0 Å². The third kappa shape index (κ3) is 6.20. The first-order valence-corrected chi connectivity index (χ1v) is 7.26. The van der Waals surface area contributed by atoms with E-state index < -0.39 is 19.2 Å². The number of amides is 1. The van der Waals surface area contributed by atoms with Crippen LogP contribution in [-0.4, -0.2) is 40.2 Å². The summed E-state index contributed by atoms with van der Waals surface area (Å²) in [5, 5.41) is 32.4. The van der Waals surface area contributed by atoms with Gasteiger partial charge in [0.25, 0.3) is 0 Å². The summed E-state index contributed by atoms with van der Waals surface area (Å²) in [5.41, 5.74) is 0. The van der Waals surface area contributed by atoms with Crippen molar-refractivity contribution in [3.8, 4) is 0 Å². The summed E-state index contributed by atoms with van der Waals surface area (Å²) >= 11 is 1.48. The van der Waals surface area contributed by atoms with Gasteiger partial charge in [-0.25, -0.2) is 0 Å². The first-order chi connectivity index (χ1) is 9.02. The lowest BCUT2D eigenvalue weighted by Crippen LogP contribution is -2.47. The second-order valence-corrected chi connectivity index (χ2v) is 5.52. The molecular weight excluding hydrogens is 265 g/mol. The summed E-state index contributed by atoms with van der Waals surface area (Å²) in [6.45, 7) is 1.85. The molecule has 0 saturated carbocycles. The molecule has 106 valence electrons. The third-order valence-electron chi connectivity index (χ3n) is 2.90. The van der Waals surface area contributed by atoms with Gasteiger partial charge in [-0.15, -0.1) is 11.3 Å². The molecule has 0 fully saturated rings. The monoisotopic (exact) mass is 285 g/mol. The van der Waals surface area contributed by atoms with Crippen LogP contribution in [0.1, 0.15) is 31.1 Å². The minimum Gasteiger partial charge on any atom is -0.426 e. The highest BCUT2D eigenvalue weighted by atomic mass is 32.1. The van der Waals surface area contributed by atoms with Gasteiger partial charge in [0, 0.05) is 4.88 Å². The molecule has 0 aliphatic carbocycles. The molecule has 2 atom stereocenters. The minimum absolute atomic E-state index is 0.233. The summed E-state index contributed by atoms with van der Waals surface area (Å²) in [6, 6.07) is 3.72. The molecule has 1 aromatic rings. The lowest BCUT2D eigenvalue weighted by atomic mass is 9.76. The van der Waals surface area contributed by atoms with E-state index in [9.17, 15) is 19.9 Å². The number of thiophene rings is 1. The highest BCUT2D eigenvalue weighted by Gasteiger charge is 2.25. The molecule has 1 aromatic heterocycles. The normalized spacial score (nSPS) is 13.9. The van der Waals surface area contributed by atoms with Gasteiger partial charge < -0.3 is 20.5 Å². The fourth-order valence-electron chi connectivity index (χ4n) is 1.70. The maximum absolute atomic E-state index is 11.8. The fraction of sp³-hybridized carbons (Fsp3) is 0.583. The van der Waals surface area contributed by atoms with Crippen LogP contribution >= 0.6 is 11.3 Å². The van der Waals surface area contributed by atoms with Gasteiger partial charge >= 0.3 is 7.12 Å². The van der Waals surface area contributed by atoms with Crippen molar-refractivity contribution in [2.75, 3.05) is 0 Å². The van der Waals surface area contributed by atoms with E-state index in [4.69, 9.17) is 0 Å². The molecule has 1 heterocycles. The summed E-state index contributed by atoms with van der Waals surface area (Å²) in [6.07, 6.45) is 1.13. The Labute approximate surface area is 117 Å². The number of hydrogen-bond acceptors (Lipinski definition) is 5. The van der Waals surface area contributed by atoms with Crippen molar-refractivity contribution < 1.29 is 19.9 Å². The minimum atomic E-state index is -1.61. The van der Waals surface area contributed by atoms with Gasteiger partial charge in [-0.1, -0.05) is 13.0 Å². The molecule has 19 heavy (non-hydrogen) atoms. The van der Waals surface area contributed by atoms with E-state index in [2.05, 4.69) is 5.32 Å². The number of carbonyl (C=O) groups excluding carboxylic acids is 1. The maximum atomic E-state index is 11.8. The summed E-state index contributed by atoms with van der Waals surface area (Å²) in [4.78, 5) is 12.7. The molecule has 0 aliphatic heterocycles. The molecule has 0 bridgehead atoms. The smallest absolute Gasteiger partial charge is 0.426 e. The summed E-state index contributed by atoms with van der Waals surface area (Å²) in [5.74, 6) is -0.986. The van der Waals surface area contributed by atoms with E-state index in [-0.39, 0.29) is 12.3 Å². The topological polar surface area (TPSA) is 89.8 Å². The zero-order chi connectivity index (χ0) is 14.3. The van der Waals surface area contributed by atoms with Crippen LogP contribution in [0.15, 0.2) is 17.5 Å². The predicted octanol–water partition coefficient (Wildman–Crippen LogP) is 0.338. The maximum Gasteiger partial charge on any atom is 0.475 e. The Bertz CT molecular complexity index is 372. The number of rotatable bonds is 8. The van der Waals surface area contributed by atoms with Crippen molar-refractivity contribution in [3.63, 3.8) is 0 Å². The Balaban J connectivity index is 2.42. The van der Waals surface area contributed by atoms with Crippen LogP contribution < -0.4 is 5.32 Å². The number of aliphatic hydroxyl groups excluding tert-OH is 1. The second kappa shape index (κ2) is 8.32. The molecule has 4 N–H and O–H groups in total. The van der Waals surface area contributed by atoms with Crippen LogP contribution in [0.4, 0.5) is 0 Å². The largest absolute Gasteiger partial charge is 0.475 e. The SMILES string of the molecule is CC[C@@H](O)CC[C@H](NC(=O)Cc1cccs1)B(O)O. The second-order valence-electron chi connectivity index (χ2n) is 4.48. The zero-order valence-electron chi connectivity index (χ0n) is 11.0. The quantitative estimate of drug-likeness (QED) is 0.518. The molecular formula is C12H20BNO4S. The van der Waals surface area contributed by atoms with Crippen LogP contribution in [0.3, 0.4) is 0 Å². The molecule has 0 spiro atoms. The van der Waals surface area contributed by atoms with Crippen molar-refractivity contribution in [2.45, 2.75) is 44.7 Å². The van der Waals surface area contributed by atoms with Crippen molar-refractivity contribution in [2.24, 2.45) is 0 Å². The van der Waals surface area contributed by atoms with Crippen LogP contribution in [-0.2, 0) is 11.2 Å². The molecule has 0 aliphatic rings. The fourth-order valence-corrected chi connectivity index (χ4v) is 2.40. The Hall–Kier alpha value is -0.885. The summed E-state index contributed by atoms with van der Waals surface area (Å²) < 4.78 is 0. The first-order valence-electron chi connectivity index (χ1n) is 6.38. The van der Waals surface area contributed by atoms with Gasteiger partial charge in [0.15, 0.2) is 0 Å². The number of hydrogen-bond donors (Lipinski definition) is 4. The molecule has 0 radical (unpaired) electrons. The average molecular weight is 285 g/mol. The molecule has 5 nitrogen and oxygen atoms in total. The highest BCUT2D eigenvalue weighted by molar-refractivity contribution is 7.10. The molecule has 7 heteroatoms. The molecule has 1 rings (SSSR count). The van der Waals surface area contributed by atoms with Crippen LogP contribution in [0.5, 0.6) is 0 Å². The van der Waals surface area contributed by atoms with E-state index in [0.29, 0.717) is 19.3 Å². The molecule has 0 saturated heterocycles. The van der Waals surface area contributed by atoms with E-state index >= 15 is 0 Å². The van der Waals surface area contributed by atoms with Gasteiger partial charge in [0.05, 0.1) is 18.5 Å². The lowest BCUT2D eigenvalue weighted by molar-refractivity contribution is -0.120. The van der Waals surface area contributed by atoms with Gasteiger partial charge in [0.1, 0.15) is 0 Å². The van der Waals surface area contributed by atoms with Crippen molar-refractivity contribution in [1.29, 1.82) is 0 Å². The van der Waals surface area contributed by atoms with E-state index in [1.54, 1.807) is 0 Å². The van der Waals surface area contributed by atoms with Gasteiger partial charge in [-0.3, -0.25) is 4.79 Å². The number of carbonyl (C=O) groups is 1. The predicted molar refractivity (Wildman–Crippen MR) is 75.7 cm³/mol. The number of nitrogens with one attached hydrogen (secondary N) is 1. The van der Waals surface area contributed by atoms with Gasteiger partial charge in [0.2, 0.25) is 5.91 Å². The molecule has 0 aromatic carbocycles. The lowest BCUT2D eigenvalue weighted by Gasteiger charge is -2.19. The Morgan fingerprint density at radius 3 is 2.74 bits per heavy atom. The van der Waals surface area contributed by atoms with Crippen LogP contribution in [0.25, 0.3) is 0 Å². The van der Waals surface area contributed by atoms with Crippen molar-refractivity contribution >= 4 is 24.4 Å². The van der Waals surface area contributed by atoms with Gasteiger partial charge in [-0.2, -0.15) is 0 Å². The molecule has 0 unspecified atom stereocenters. The summed E-state index contributed by atoms with van der Waals surface area (Å²) in [7, 11) is -1.61. The van der Waals surface area contributed by atoms with E-state index in [1.807, 2.05) is 24.4 Å². The van der Waals surface area contributed by atoms with Crippen LogP contribution in [0, 0.1) is 0 Å².